The van der Waals surface area contributed by atoms with Crippen LogP contribution in [0.2, 0.25) is 0 Å². The number of aromatic nitrogens is 1. The average molecular weight is 233 g/mol. The highest BCUT2D eigenvalue weighted by atomic mass is 16.5. The molecule has 4 heteroatoms. The van der Waals surface area contributed by atoms with Crippen LogP contribution in [-0.4, -0.2) is 18.1 Å². The largest absolute Gasteiger partial charge is 0.465 e. The number of pyridine rings is 1. The minimum absolute atomic E-state index is 0.0243. The van der Waals surface area contributed by atoms with E-state index in [2.05, 4.69) is 9.72 Å². The van der Waals surface area contributed by atoms with Crippen molar-refractivity contribution in [1.29, 1.82) is 0 Å². The van der Waals surface area contributed by atoms with Crippen molar-refractivity contribution in [2.24, 2.45) is 0 Å². The van der Waals surface area contributed by atoms with E-state index in [1.165, 1.54) is 13.3 Å². The van der Waals surface area contributed by atoms with E-state index in [0.29, 0.717) is 10.9 Å². The Morgan fingerprint density at radius 1 is 1.24 bits per heavy atom. The van der Waals surface area contributed by atoms with Crippen molar-refractivity contribution in [3.05, 3.63) is 46.2 Å². The first kappa shape index (κ1) is 13.0. The van der Waals surface area contributed by atoms with Crippen LogP contribution in [-0.2, 0) is 4.74 Å². The minimum Gasteiger partial charge on any atom is -0.465 e. The molecule has 0 saturated carbocycles. The van der Waals surface area contributed by atoms with Crippen LogP contribution in [0, 0.1) is 0 Å². The zero-order valence-electron chi connectivity index (χ0n) is 10.1. The van der Waals surface area contributed by atoms with Crippen molar-refractivity contribution in [3.8, 4) is 0 Å². The molecule has 4 nitrogen and oxygen atoms in total. The third kappa shape index (κ3) is 2.53. The fraction of sp³-hybridized carbons (Fsp3) is 0.231. The Labute approximate surface area is 99.2 Å². The molecule has 90 valence electrons. The van der Waals surface area contributed by atoms with Gasteiger partial charge in [-0.05, 0) is 12.1 Å². The highest BCUT2D eigenvalue weighted by Gasteiger charge is 2.12. The van der Waals surface area contributed by atoms with Crippen LogP contribution in [0.1, 0.15) is 24.2 Å². The molecule has 17 heavy (non-hydrogen) atoms. The Morgan fingerprint density at radius 3 is 2.53 bits per heavy atom. The number of hydrogen-bond acceptors (Lipinski definition) is 3. The number of hydrogen-bond donors (Lipinski definition) is 1. The number of para-hydroxylation sites is 1. The number of benzene rings is 1. The van der Waals surface area contributed by atoms with Crippen LogP contribution in [0.3, 0.4) is 0 Å². The molecule has 1 aromatic carbocycles. The molecule has 0 aliphatic heterocycles. The predicted molar refractivity (Wildman–Crippen MR) is 67.3 cm³/mol. The summed E-state index contributed by atoms with van der Waals surface area (Å²) in [5.41, 5.74) is 0.419. The quantitative estimate of drug-likeness (QED) is 0.769. The van der Waals surface area contributed by atoms with Crippen LogP contribution in [0.4, 0.5) is 0 Å². The van der Waals surface area contributed by atoms with Crippen LogP contribution >= 0.6 is 0 Å². The van der Waals surface area contributed by atoms with Crippen molar-refractivity contribution in [2.75, 3.05) is 7.11 Å². The van der Waals surface area contributed by atoms with Gasteiger partial charge in [0, 0.05) is 17.1 Å². The number of carbonyl (C=O) groups excluding carboxylic acids is 1. The normalized spacial score (nSPS) is 9.35. The van der Waals surface area contributed by atoms with E-state index in [1.54, 1.807) is 18.2 Å². The van der Waals surface area contributed by atoms with Crippen molar-refractivity contribution >= 4 is 16.9 Å². The molecule has 2 aromatic rings. The maximum absolute atomic E-state index is 11.8. The SMILES string of the molecule is CC.COC(=O)c1c[nH]c2ccccc2c1=O. The standard InChI is InChI=1S/C11H9NO3.C2H6/c1-15-11(14)8-6-12-9-5-3-2-4-7(9)10(8)13;1-2/h2-6H,1H3,(H,12,13);1-2H3. The van der Waals surface area contributed by atoms with E-state index in [-0.39, 0.29) is 11.0 Å². The molecule has 2 rings (SSSR count). The fourth-order valence-corrected chi connectivity index (χ4v) is 1.43. The molecule has 1 N–H and O–H groups in total. The van der Waals surface area contributed by atoms with Gasteiger partial charge in [0.15, 0.2) is 0 Å². The lowest BCUT2D eigenvalue weighted by Gasteiger charge is -2.00. The third-order valence-electron chi connectivity index (χ3n) is 2.19. The number of fused-ring (bicyclic) bond motifs is 1. The number of ether oxygens (including phenoxy) is 1. The molecule has 0 spiro atoms. The van der Waals surface area contributed by atoms with Gasteiger partial charge in [-0.25, -0.2) is 4.79 Å². The summed E-state index contributed by atoms with van der Waals surface area (Å²) < 4.78 is 4.51. The molecule has 0 aliphatic carbocycles. The van der Waals surface area contributed by atoms with Gasteiger partial charge < -0.3 is 9.72 Å². The molecule has 1 aromatic heterocycles. The maximum atomic E-state index is 11.8. The van der Waals surface area contributed by atoms with Gasteiger partial charge in [-0.2, -0.15) is 0 Å². The van der Waals surface area contributed by atoms with Crippen molar-refractivity contribution in [3.63, 3.8) is 0 Å². The highest BCUT2D eigenvalue weighted by Crippen LogP contribution is 2.07. The smallest absolute Gasteiger partial charge is 0.343 e. The first-order chi connectivity index (χ1) is 8.24. The summed E-state index contributed by atoms with van der Waals surface area (Å²) in [4.78, 5) is 25.9. The van der Waals surface area contributed by atoms with Gasteiger partial charge in [0.05, 0.1) is 7.11 Å². The number of aromatic amines is 1. The summed E-state index contributed by atoms with van der Waals surface area (Å²) in [6.45, 7) is 4.00. The Morgan fingerprint density at radius 2 is 1.88 bits per heavy atom. The Hall–Kier alpha value is -2.10. The lowest BCUT2D eigenvalue weighted by Crippen LogP contribution is -2.16. The van der Waals surface area contributed by atoms with Gasteiger partial charge >= 0.3 is 5.97 Å². The lowest BCUT2D eigenvalue weighted by atomic mass is 10.1. The number of nitrogens with one attached hydrogen (secondary N) is 1. The molecule has 0 unspecified atom stereocenters. The topological polar surface area (TPSA) is 59.2 Å². The molecule has 0 amide bonds. The van der Waals surface area contributed by atoms with Crippen molar-refractivity contribution < 1.29 is 9.53 Å². The summed E-state index contributed by atoms with van der Waals surface area (Å²) >= 11 is 0. The summed E-state index contributed by atoms with van der Waals surface area (Å²) in [5.74, 6) is -0.623. The van der Waals surface area contributed by atoms with Gasteiger partial charge in [0.1, 0.15) is 5.56 Å². The maximum Gasteiger partial charge on any atom is 0.343 e. The molecule has 0 fully saturated rings. The molecule has 0 atom stereocenters. The second-order valence-electron chi connectivity index (χ2n) is 3.07. The molecule has 0 radical (unpaired) electrons. The minimum atomic E-state index is -0.623. The Balaban J connectivity index is 0.000000686. The summed E-state index contributed by atoms with van der Waals surface area (Å²) in [5, 5.41) is 0.486. The van der Waals surface area contributed by atoms with Gasteiger partial charge in [-0.1, -0.05) is 26.0 Å². The third-order valence-corrected chi connectivity index (χ3v) is 2.19. The zero-order valence-corrected chi connectivity index (χ0v) is 10.1. The number of methoxy groups -OCH3 is 1. The first-order valence-corrected chi connectivity index (χ1v) is 5.43. The summed E-state index contributed by atoms with van der Waals surface area (Å²) in [6.07, 6.45) is 1.37. The van der Waals surface area contributed by atoms with E-state index in [4.69, 9.17) is 0 Å². The van der Waals surface area contributed by atoms with Crippen molar-refractivity contribution in [2.45, 2.75) is 13.8 Å². The molecular formula is C13H15NO3. The molecular weight excluding hydrogens is 218 g/mol. The summed E-state index contributed by atoms with van der Waals surface area (Å²) in [7, 11) is 1.25. The molecule has 1 heterocycles. The van der Waals surface area contributed by atoms with E-state index in [1.807, 2.05) is 19.9 Å². The number of carbonyl (C=O) groups is 1. The van der Waals surface area contributed by atoms with Crippen LogP contribution in [0.5, 0.6) is 0 Å². The van der Waals surface area contributed by atoms with E-state index < -0.39 is 5.97 Å². The lowest BCUT2D eigenvalue weighted by molar-refractivity contribution is 0.0599. The Kier molecular flexibility index (Phi) is 4.46. The van der Waals surface area contributed by atoms with Gasteiger partial charge in [0.2, 0.25) is 5.43 Å². The average Bonchev–Trinajstić information content (AvgIpc) is 2.41. The van der Waals surface area contributed by atoms with Crippen LogP contribution in [0.25, 0.3) is 10.9 Å². The monoisotopic (exact) mass is 233 g/mol. The van der Waals surface area contributed by atoms with Crippen molar-refractivity contribution in [1.82, 2.24) is 4.98 Å². The van der Waals surface area contributed by atoms with Crippen LogP contribution in [0.15, 0.2) is 35.3 Å². The van der Waals surface area contributed by atoms with E-state index >= 15 is 0 Å². The fourth-order valence-electron chi connectivity index (χ4n) is 1.43. The highest BCUT2D eigenvalue weighted by molar-refractivity contribution is 5.93. The van der Waals surface area contributed by atoms with E-state index in [0.717, 1.165) is 0 Å². The second-order valence-corrected chi connectivity index (χ2v) is 3.07. The van der Waals surface area contributed by atoms with Gasteiger partial charge in [-0.3, -0.25) is 4.79 Å². The molecule has 0 aliphatic rings. The second kappa shape index (κ2) is 5.84. The number of H-pyrrole nitrogens is 1. The number of esters is 1. The predicted octanol–water partition coefficient (Wildman–Crippen LogP) is 2.34. The zero-order chi connectivity index (χ0) is 12.8. The Bertz CT molecular complexity index is 572. The molecule has 0 saturated heterocycles. The van der Waals surface area contributed by atoms with Crippen LogP contribution < -0.4 is 5.43 Å². The molecule has 0 bridgehead atoms. The van der Waals surface area contributed by atoms with E-state index in [9.17, 15) is 9.59 Å². The first-order valence-electron chi connectivity index (χ1n) is 5.43. The van der Waals surface area contributed by atoms with Gasteiger partial charge in [-0.15, -0.1) is 0 Å². The summed E-state index contributed by atoms with van der Waals surface area (Å²) in [6, 6.07) is 7.01. The number of rotatable bonds is 1. The van der Waals surface area contributed by atoms with Gasteiger partial charge in [0.25, 0.3) is 0 Å².